The van der Waals surface area contributed by atoms with Gasteiger partial charge in [0.05, 0.1) is 0 Å². The average molecular weight is 849 g/mol. The fourth-order valence-electron chi connectivity index (χ4n) is 8.17. The molecule has 0 heterocycles. The van der Waals surface area contributed by atoms with E-state index < -0.39 is 6.10 Å². The monoisotopic (exact) mass is 849 g/mol. The number of rotatable bonds is 48. The van der Waals surface area contributed by atoms with Gasteiger partial charge >= 0.3 is 17.9 Å². The lowest BCUT2D eigenvalue weighted by Crippen LogP contribution is -2.30. The van der Waals surface area contributed by atoms with Crippen molar-refractivity contribution in [2.24, 2.45) is 11.8 Å². The van der Waals surface area contributed by atoms with Crippen LogP contribution in [0.2, 0.25) is 0 Å². The highest BCUT2D eigenvalue weighted by atomic mass is 16.6. The number of hydrogen-bond acceptors (Lipinski definition) is 6. The van der Waals surface area contributed by atoms with Crippen LogP contribution in [0, 0.1) is 11.8 Å². The molecule has 0 unspecified atom stereocenters. The van der Waals surface area contributed by atoms with Gasteiger partial charge in [-0.05, 0) is 31.1 Å². The minimum atomic E-state index is -0.762. The summed E-state index contributed by atoms with van der Waals surface area (Å²) in [6.07, 6.45) is 48.2. The number of carbonyl (C=O) groups is 3. The largest absolute Gasteiger partial charge is 0.462 e. The molecule has 6 nitrogen and oxygen atoms in total. The fraction of sp³-hybridized carbons (Fsp3) is 0.944. The van der Waals surface area contributed by atoms with Crippen molar-refractivity contribution in [1.82, 2.24) is 0 Å². The molecule has 0 bridgehead atoms. The summed E-state index contributed by atoms with van der Waals surface area (Å²) >= 11 is 0. The van der Waals surface area contributed by atoms with E-state index in [9.17, 15) is 14.4 Å². The van der Waals surface area contributed by atoms with Crippen molar-refractivity contribution in [3.63, 3.8) is 0 Å². The Labute approximate surface area is 374 Å². The number of esters is 3. The number of unbranched alkanes of at least 4 members (excludes halogenated alkanes) is 33. The molecule has 0 spiro atoms. The van der Waals surface area contributed by atoms with Crippen molar-refractivity contribution in [2.75, 3.05) is 13.2 Å². The summed E-state index contributed by atoms with van der Waals surface area (Å²) < 4.78 is 16.8. The molecule has 0 aliphatic carbocycles. The maximum absolute atomic E-state index is 12.8. The molecule has 0 aliphatic rings. The van der Waals surface area contributed by atoms with Crippen molar-refractivity contribution >= 4 is 17.9 Å². The molecule has 0 rings (SSSR count). The average Bonchev–Trinajstić information content (AvgIpc) is 3.22. The Morgan fingerprint density at radius 3 is 0.817 bits per heavy atom. The molecule has 0 saturated carbocycles. The van der Waals surface area contributed by atoms with Crippen LogP contribution in [0.4, 0.5) is 0 Å². The van der Waals surface area contributed by atoms with Gasteiger partial charge in [-0.1, -0.05) is 259 Å². The first kappa shape index (κ1) is 58.4. The van der Waals surface area contributed by atoms with Crippen molar-refractivity contribution in [3.05, 3.63) is 0 Å². The molecule has 6 heteroatoms. The van der Waals surface area contributed by atoms with E-state index in [-0.39, 0.29) is 31.1 Å². The Hall–Kier alpha value is -1.59. The van der Waals surface area contributed by atoms with Gasteiger partial charge in [-0.2, -0.15) is 0 Å². The highest BCUT2D eigenvalue weighted by Gasteiger charge is 2.19. The van der Waals surface area contributed by atoms with Crippen LogP contribution < -0.4 is 0 Å². The van der Waals surface area contributed by atoms with Gasteiger partial charge in [0.25, 0.3) is 0 Å². The van der Waals surface area contributed by atoms with E-state index in [1.54, 1.807) is 0 Å². The molecule has 0 radical (unpaired) electrons. The van der Waals surface area contributed by atoms with Crippen molar-refractivity contribution in [1.29, 1.82) is 0 Å². The quantitative estimate of drug-likeness (QED) is 0.0345. The highest BCUT2D eigenvalue weighted by molar-refractivity contribution is 5.71. The van der Waals surface area contributed by atoms with Gasteiger partial charge in [0.15, 0.2) is 6.10 Å². The highest BCUT2D eigenvalue weighted by Crippen LogP contribution is 2.17. The Morgan fingerprint density at radius 1 is 0.317 bits per heavy atom. The van der Waals surface area contributed by atoms with E-state index in [0.29, 0.717) is 19.3 Å². The molecule has 0 aromatic carbocycles. The summed E-state index contributed by atoms with van der Waals surface area (Å²) in [6, 6.07) is 0. The third-order valence-corrected chi connectivity index (χ3v) is 12.2. The lowest BCUT2D eigenvalue weighted by Gasteiger charge is -2.18. The first-order valence-corrected chi connectivity index (χ1v) is 26.7. The molecule has 0 amide bonds. The first-order chi connectivity index (χ1) is 29.2. The molecule has 0 N–H and O–H groups in total. The minimum Gasteiger partial charge on any atom is -0.462 e. The summed E-state index contributed by atoms with van der Waals surface area (Å²) in [6.45, 7) is 11.3. The van der Waals surface area contributed by atoms with Crippen LogP contribution in [0.3, 0.4) is 0 Å². The Morgan fingerprint density at radius 2 is 0.550 bits per heavy atom. The van der Waals surface area contributed by atoms with Crippen LogP contribution in [0.5, 0.6) is 0 Å². The predicted molar refractivity (Wildman–Crippen MR) is 256 cm³/mol. The molecular weight excluding hydrogens is 745 g/mol. The number of hydrogen-bond donors (Lipinski definition) is 0. The van der Waals surface area contributed by atoms with Gasteiger partial charge in [0.2, 0.25) is 0 Å². The molecule has 0 aromatic rings. The van der Waals surface area contributed by atoms with Crippen LogP contribution in [-0.4, -0.2) is 37.2 Å². The summed E-state index contributed by atoms with van der Waals surface area (Å²) in [7, 11) is 0. The zero-order valence-electron chi connectivity index (χ0n) is 41.1. The second kappa shape index (κ2) is 46.9. The lowest BCUT2D eigenvalue weighted by atomic mass is 10.0. The summed E-state index contributed by atoms with van der Waals surface area (Å²) in [5.41, 5.74) is 0. The molecule has 0 fully saturated rings. The lowest BCUT2D eigenvalue weighted by molar-refractivity contribution is -0.167. The zero-order chi connectivity index (χ0) is 44.0. The zero-order valence-corrected chi connectivity index (χ0v) is 41.1. The molecule has 0 aromatic heterocycles. The van der Waals surface area contributed by atoms with Gasteiger partial charge in [-0.3, -0.25) is 14.4 Å². The molecule has 0 aliphatic heterocycles. The van der Waals surface area contributed by atoms with E-state index in [1.807, 2.05) is 0 Å². The number of carbonyl (C=O) groups excluding carboxylic acids is 3. The molecule has 1 atom stereocenters. The Kier molecular flexibility index (Phi) is 45.7. The van der Waals surface area contributed by atoms with Crippen molar-refractivity contribution in [3.8, 4) is 0 Å². The van der Waals surface area contributed by atoms with E-state index in [2.05, 4.69) is 34.6 Å². The maximum atomic E-state index is 12.8. The SMILES string of the molecule is CCCCCCCCCCCCCCCCCCCCCC(=O)OC[C@H](COC(=O)CCCCCCCCCC(C)C)OC(=O)CCCCCCCCCCCCC(C)C. The smallest absolute Gasteiger partial charge is 0.306 e. The normalized spacial score (nSPS) is 12.1. The summed E-state index contributed by atoms with van der Waals surface area (Å²) in [5.74, 6) is 0.747. The van der Waals surface area contributed by atoms with Gasteiger partial charge in [0, 0.05) is 19.3 Å². The van der Waals surface area contributed by atoms with Crippen molar-refractivity contribution < 1.29 is 28.6 Å². The number of ether oxygens (including phenoxy) is 3. The molecule has 356 valence electrons. The summed E-state index contributed by atoms with van der Waals surface area (Å²) in [4.78, 5) is 37.9. The van der Waals surface area contributed by atoms with E-state index in [1.165, 1.54) is 186 Å². The van der Waals surface area contributed by atoms with Crippen LogP contribution in [0.15, 0.2) is 0 Å². The van der Waals surface area contributed by atoms with Crippen LogP contribution in [-0.2, 0) is 28.6 Å². The summed E-state index contributed by atoms with van der Waals surface area (Å²) in [5, 5.41) is 0. The Bertz CT molecular complexity index is 916. The van der Waals surface area contributed by atoms with Crippen LogP contribution >= 0.6 is 0 Å². The maximum Gasteiger partial charge on any atom is 0.306 e. The predicted octanol–water partition coefficient (Wildman–Crippen LogP) is 17.3. The van der Waals surface area contributed by atoms with Crippen LogP contribution in [0.25, 0.3) is 0 Å². The molecule has 0 saturated heterocycles. The second-order valence-corrected chi connectivity index (χ2v) is 19.5. The van der Waals surface area contributed by atoms with E-state index in [0.717, 1.165) is 69.6 Å². The van der Waals surface area contributed by atoms with Gasteiger partial charge in [0.1, 0.15) is 13.2 Å². The topological polar surface area (TPSA) is 78.9 Å². The fourth-order valence-corrected chi connectivity index (χ4v) is 8.17. The van der Waals surface area contributed by atoms with E-state index in [4.69, 9.17) is 14.2 Å². The van der Waals surface area contributed by atoms with E-state index >= 15 is 0 Å². The second-order valence-electron chi connectivity index (χ2n) is 19.5. The third kappa shape index (κ3) is 47.5. The van der Waals surface area contributed by atoms with Crippen LogP contribution in [0.1, 0.15) is 298 Å². The van der Waals surface area contributed by atoms with Gasteiger partial charge < -0.3 is 14.2 Å². The minimum absolute atomic E-state index is 0.0642. The first-order valence-electron chi connectivity index (χ1n) is 26.7. The third-order valence-electron chi connectivity index (χ3n) is 12.2. The standard InChI is InChI=1S/C54H104O6/c1-6-7-8-9-10-11-12-13-14-15-16-17-18-19-20-24-29-34-39-44-52(55)58-47-51(48-59-53(56)45-40-35-31-26-28-33-38-43-50(4)5)60-54(57)46-41-36-30-25-22-21-23-27-32-37-42-49(2)3/h49-51H,6-48H2,1-5H3/t51-/m1/s1. The Balaban J connectivity index is 4.24. The van der Waals surface area contributed by atoms with Crippen molar-refractivity contribution in [2.45, 2.75) is 304 Å². The molecular formula is C54H104O6. The van der Waals surface area contributed by atoms with Gasteiger partial charge in [-0.15, -0.1) is 0 Å². The molecule has 60 heavy (non-hydrogen) atoms. The van der Waals surface area contributed by atoms with Gasteiger partial charge in [-0.25, -0.2) is 0 Å².